The standard InChI is InChI=1S/C24H26N8O/c25-19-9-2-3-10-20(19)30-24-27-14-18(22(26)33)23(31-24)29-16-7-5-8-17(12-16)32-21-11-4-1-6-15(21)13-28-32/h1,4-8,11-14,19-20H,2-3,9-10,25H2,(H2,26,33)(H2,27,29,30,31)/t19-,20+/m0/s1. The molecule has 2 atom stereocenters. The predicted octanol–water partition coefficient (Wildman–Crippen LogP) is 3.34. The Bertz CT molecular complexity index is 1300. The molecule has 9 nitrogen and oxygen atoms in total. The van der Waals surface area contributed by atoms with E-state index in [-0.39, 0.29) is 17.6 Å². The van der Waals surface area contributed by atoms with Gasteiger partial charge in [0, 0.05) is 29.4 Å². The van der Waals surface area contributed by atoms with Crippen molar-refractivity contribution in [1.82, 2.24) is 19.7 Å². The lowest BCUT2D eigenvalue weighted by Gasteiger charge is -2.29. The highest BCUT2D eigenvalue weighted by Gasteiger charge is 2.23. The number of para-hydroxylation sites is 1. The van der Waals surface area contributed by atoms with Crippen molar-refractivity contribution < 1.29 is 4.79 Å². The summed E-state index contributed by atoms with van der Waals surface area (Å²) in [7, 11) is 0. The summed E-state index contributed by atoms with van der Waals surface area (Å²) in [6, 6.07) is 15.9. The van der Waals surface area contributed by atoms with E-state index in [2.05, 4.69) is 25.7 Å². The van der Waals surface area contributed by atoms with Gasteiger partial charge in [-0.05, 0) is 37.1 Å². The molecule has 9 heteroatoms. The predicted molar refractivity (Wildman–Crippen MR) is 129 cm³/mol. The summed E-state index contributed by atoms with van der Waals surface area (Å²) in [6.07, 6.45) is 7.46. The third-order valence-electron chi connectivity index (χ3n) is 6.02. The minimum atomic E-state index is -0.604. The molecule has 0 saturated heterocycles. The Morgan fingerprint density at radius 1 is 1.06 bits per heavy atom. The second kappa shape index (κ2) is 8.87. The molecule has 1 amide bonds. The zero-order chi connectivity index (χ0) is 22.8. The molecule has 2 heterocycles. The SMILES string of the molecule is NC(=O)c1cnc(N[C@@H]2CCCC[C@@H]2N)nc1Nc1cccc(-n2ncc3ccccc32)c1. The first kappa shape index (κ1) is 20.9. The van der Waals surface area contributed by atoms with Crippen LogP contribution in [-0.4, -0.2) is 37.7 Å². The van der Waals surface area contributed by atoms with Gasteiger partial charge in [-0.1, -0.05) is 37.1 Å². The van der Waals surface area contributed by atoms with Gasteiger partial charge in [-0.2, -0.15) is 10.1 Å². The molecular formula is C24H26N8O. The van der Waals surface area contributed by atoms with Gasteiger partial charge in [0.2, 0.25) is 5.95 Å². The fraction of sp³-hybridized carbons (Fsp3) is 0.250. The van der Waals surface area contributed by atoms with Crippen molar-refractivity contribution in [3.63, 3.8) is 0 Å². The first-order valence-electron chi connectivity index (χ1n) is 11.1. The molecule has 1 aliphatic carbocycles. The Hall–Kier alpha value is -3.98. The minimum absolute atomic E-state index is 0.0511. The number of nitrogens with one attached hydrogen (secondary N) is 2. The summed E-state index contributed by atoms with van der Waals surface area (Å²) in [5.41, 5.74) is 14.7. The van der Waals surface area contributed by atoms with Crippen molar-refractivity contribution in [1.29, 1.82) is 0 Å². The van der Waals surface area contributed by atoms with E-state index in [0.717, 1.165) is 48.0 Å². The van der Waals surface area contributed by atoms with Gasteiger partial charge in [0.25, 0.3) is 5.91 Å². The van der Waals surface area contributed by atoms with Gasteiger partial charge in [-0.3, -0.25) is 4.79 Å². The van der Waals surface area contributed by atoms with Gasteiger partial charge in [0.15, 0.2) is 0 Å². The maximum Gasteiger partial charge on any atom is 0.254 e. The van der Waals surface area contributed by atoms with Gasteiger partial charge in [-0.25, -0.2) is 9.67 Å². The van der Waals surface area contributed by atoms with Crippen molar-refractivity contribution in [2.45, 2.75) is 37.8 Å². The second-order valence-corrected chi connectivity index (χ2v) is 8.31. The van der Waals surface area contributed by atoms with E-state index in [1.807, 2.05) is 59.4 Å². The monoisotopic (exact) mass is 442 g/mol. The fourth-order valence-electron chi connectivity index (χ4n) is 4.26. The Balaban J connectivity index is 1.44. The Morgan fingerprint density at radius 2 is 1.91 bits per heavy atom. The summed E-state index contributed by atoms with van der Waals surface area (Å²) in [5, 5.41) is 12.1. The molecular weight excluding hydrogens is 416 g/mol. The van der Waals surface area contributed by atoms with Gasteiger partial charge in [0.05, 0.1) is 17.4 Å². The molecule has 33 heavy (non-hydrogen) atoms. The number of nitrogens with zero attached hydrogens (tertiary/aromatic N) is 4. The summed E-state index contributed by atoms with van der Waals surface area (Å²) >= 11 is 0. The molecule has 4 aromatic rings. The van der Waals surface area contributed by atoms with Crippen LogP contribution < -0.4 is 22.1 Å². The molecule has 5 rings (SSSR count). The number of fused-ring (bicyclic) bond motifs is 1. The van der Waals surface area contributed by atoms with Gasteiger partial charge >= 0.3 is 0 Å². The molecule has 0 spiro atoms. The number of primary amides is 1. The summed E-state index contributed by atoms with van der Waals surface area (Å²) in [4.78, 5) is 20.9. The fourth-order valence-corrected chi connectivity index (χ4v) is 4.26. The lowest BCUT2D eigenvalue weighted by Crippen LogP contribution is -2.43. The van der Waals surface area contributed by atoms with E-state index >= 15 is 0 Å². The average Bonchev–Trinajstić information content (AvgIpc) is 3.25. The number of amides is 1. The van der Waals surface area contributed by atoms with E-state index in [9.17, 15) is 4.79 Å². The zero-order valence-corrected chi connectivity index (χ0v) is 18.1. The van der Waals surface area contributed by atoms with E-state index in [1.165, 1.54) is 6.20 Å². The van der Waals surface area contributed by atoms with E-state index in [4.69, 9.17) is 11.5 Å². The number of carbonyl (C=O) groups excluding carboxylic acids is 1. The zero-order valence-electron chi connectivity index (χ0n) is 18.1. The second-order valence-electron chi connectivity index (χ2n) is 8.31. The molecule has 6 N–H and O–H groups in total. The van der Waals surface area contributed by atoms with Crippen LogP contribution in [0.3, 0.4) is 0 Å². The lowest BCUT2D eigenvalue weighted by molar-refractivity contribution is 0.100. The number of rotatable bonds is 6. The molecule has 1 aliphatic rings. The van der Waals surface area contributed by atoms with Crippen LogP contribution in [0.2, 0.25) is 0 Å². The molecule has 2 aromatic heterocycles. The van der Waals surface area contributed by atoms with E-state index < -0.39 is 5.91 Å². The highest BCUT2D eigenvalue weighted by molar-refractivity contribution is 5.98. The average molecular weight is 443 g/mol. The van der Waals surface area contributed by atoms with Crippen molar-refractivity contribution in [2.24, 2.45) is 11.5 Å². The summed E-state index contributed by atoms with van der Waals surface area (Å²) < 4.78 is 1.87. The number of benzene rings is 2. The number of carbonyl (C=O) groups is 1. The first-order chi connectivity index (χ1) is 16.1. The Morgan fingerprint density at radius 3 is 2.76 bits per heavy atom. The largest absolute Gasteiger partial charge is 0.365 e. The van der Waals surface area contributed by atoms with Crippen LogP contribution in [0, 0.1) is 0 Å². The maximum absolute atomic E-state index is 12.0. The minimum Gasteiger partial charge on any atom is -0.365 e. The van der Waals surface area contributed by atoms with Crippen LogP contribution in [0.25, 0.3) is 16.6 Å². The normalized spacial score (nSPS) is 18.2. The number of hydrogen-bond donors (Lipinski definition) is 4. The maximum atomic E-state index is 12.0. The molecule has 0 aliphatic heterocycles. The number of anilines is 3. The van der Waals surface area contributed by atoms with E-state index in [0.29, 0.717) is 11.8 Å². The molecule has 2 aromatic carbocycles. The van der Waals surface area contributed by atoms with Crippen molar-refractivity contribution in [2.75, 3.05) is 10.6 Å². The molecule has 0 unspecified atom stereocenters. The van der Waals surface area contributed by atoms with Crippen molar-refractivity contribution in [3.05, 3.63) is 66.5 Å². The van der Waals surface area contributed by atoms with Gasteiger partial charge in [0.1, 0.15) is 11.4 Å². The third-order valence-corrected chi connectivity index (χ3v) is 6.02. The van der Waals surface area contributed by atoms with Crippen LogP contribution in [0.4, 0.5) is 17.5 Å². The lowest BCUT2D eigenvalue weighted by atomic mass is 9.91. The van der Waals surface area contributed by atoms with Gasteiger partial charge in [-0.15, -0.1) is 0 Å². The van der Waals surface area contributed by atoms with Gasteiger partial charge < -0.3 is 22.1 Å². The summed E-state index contributed by atoms with van der Waals surface area (Å²) in [6.45, 7) is 0. The quantitative estimate of drug-likeness (QED) is 0.359. The van der Waals surface area contributed by atoms with Crippen LogP contribution in [0.1, 0.15) is 36.0 Å². The molecule has 0 bridgehead atoms. The van der Waals surface area contributed by atoms with E-state index in [1.54, 1.807) is 0 Å². The smallest absolute Gasteiger partial charge is 0.254 e. The number of aromatic nitrogens is 4. The molecule has 1 saturated carbocycles. The van der Waals surface area contributed by atoms with Crippen LogP contribution in [-0.2, 0) is 0 Å². The summed E-state index contributed by atoms with van der Waals surface area (Å²) in [5.74, 6) is 0.151. The number of nitrogens with two attached hydrogens (primary N) is 2. The topological polar surface area (TPSA) is 137 Å². The van der Waals surface area contributed by atoms with Crippen molar-refractivity contribution in [3.8, 4) is 5.69 Å². The number of hydrogen-bond acceptors (Lipinski definition) is 7. The Kier molecular flexibility index (Phi) is 5.62. The molecule has 0 radical (unpaired) electrons. The third kappa shape index (κ3) is 4.35. The van der Waals surface area contributed by atoms with Crippen LogP contribution >= 0.6 is 0 Å². The Labute approximate surface area is 191 Å². The first-order valence-corrected chi connectivity index (χ1v) is 11.1. The molecule has 168 valence electrons. The highest BCUT2D eigenvalue weighted by atomic mass is 16.1. The van der Waals surface area contributed by atoms with Crippen LogP contribution in [0.15, 0.2) is 60.9 Å². The highest BCUT2D eigenvalue weighted by Crippen LogP contribution is 2.25. The molecule has 1 fully saturated rings. The van der Waals surface area contributed by atoms with Crippen LogP contribution in [0.5, 0.6) is 0 Å². The van der Waals surface area contributed by atoms with Crippen molar-refractivity contribution >= 4 is 34.3 Å².